The second-order valence-electron chi connectivity index (χ2n) is 3.91. The SMILES string of the molecule is CCc1c(O)ccc(OC(C)C)c1CC. The van der Waals surface area contributed by atoms with E-state index in [1.807, 2.05) is 26.8 Å². The molecular formula is C13H20O2. The highest BCUT2D eigenvalue weighted by Gasteiger charge is 2.11. The van der Waals surface area contributed by atoms with Gasteiger partial charge in [-0.3, -0.25) is 0 Å². The largest absolute Gasteiger partial charge is 0.508 e. The maximum absolute atomic E-state index is 9.73. The van der Waals surface area contributed by atoms with Gasteiger partial charge in [-0.15, -0.1) is 0 Å². The highest BCUT2D eigenvalue weighted by molar-refractivity contribution is 5.48. The first-order valence-electron chi connectivity index (χ1n) is 5.60. The molecule has 0 saturated carbocycles. The normalized spacial score (nSPS) is 10.7. The van der Waals surface area contributed by atoms with Gasteiger partial charge < -0.3 is 9.84 Å². The lowest BCUT2D eigenvalue weighted by Gasteiger charge is -2.17. The van der Waals surface area contributed by atoms with Gasteiger partial charge in [0.05, 0.1) is 6.10 Å². The monoisotopic (exact) mass is 208 g/mol. The van der Waals surface area contributed by atoms with Crippen LogP contribution in [0, 0.1) is 0 Å². The van der Waals surface area contributed by atoms with Crippen molar-refractivity contribution in [2.24, 2.45) is 0 Å². The van der Waals surface area contributed by atoms with E-state index in [0.29, 0.717) is 5.75 Å². The molecule has 0 aromatic heterocycles. The minimum atomic E-state index is 0.171. The first-order chi connectivity index (χ1) is 7.10. The minimum Gasteiger partial charge on any atom is -0.508 e. The van der Waals surface area contributed by atoms with Gasteiger partial charge in [0, 0.05) is 11.1 Å². The average molecular weight is 208 g/mol. The van der Waals surface area contributed by atoms with Gasteiger partial charge in [0.1, 0.15) is 11.5 Å². The summed E-state index contributed by atoms with van der Waals surface area (Å²) in [7, 11) is 0. The molecule has 0 unspecified atom stereocenters. The van der Waals surface area contributed by atoms with Gasteiger partial charge in [0.25, 0.3) is 0 Å². The van der Waals surface area contributed by atoms with E-state index in [1.54, 1.807) is 6.07 Å². The van der Waals surface area contributed by atoms with Crippen LogP contribution in [0.1, 0.15) is 38.8 Å². The molecule has 0 spiro atoms. The molecule has 1 N–H and O–H groups in total. The molecule has 1 aromatic carbocycles. The molecule has 0 amide bonds. The Kier molecular flexibility index (Phi) is 4.01. The zero-order valence-electron chi connectivity index (χ0n) is 10.0. The Hall–Kier alpha value is -1.18. The quantitative estimate of drug-likeness (QED) is 0.822. The van der Waals surface area contributed by atoms with Crippen LogP contribution in [0.2, 0.25) is 0 Å². The van der Waals surface area contributed by atoms with Crippen LogP contribution >= 0.6 is 0 Å². The number of hydrogen-bond acceptors (Lipinski definition) is 2. The standard InChI is InChI=1S/C13H20O2/c1-5-10-11(6-2)13(15-9(3)4)8-7-12(10)14/h7-9,14H,5-6H2,1-4H3. The van der Waals surface area contributed by atoms with E-state index in [-0.39, 0.29) is 6.10 Å². The number of rotatable bonds is 4. The van der Waals surface area contributed by atoms with Crippen molar-refractivity contribution in [1.82, 2.24) is 0 Å². The van der Waals surface area contributed by atoms with Crippen molar-refractivity contribution in [3.8, 4) is 11.5 Å². The summed E-state index contributed by atoms with van der Waals surface area (Å²) in [6.07, 6.45) is 1.90. The third kappa shape index (κ3) is 2.65. The lowest BCUT2D eigenvalue weighted by molar-refractivity contribution is 0.239. The van der Waals surface area contributed by atoms with Crippen LogP contribution in [0.25, 0.3) is 0 Å². The van der Waals surface area contributed by atoms with E-state index in [2.05, 4.69) is 6.92 Å². The smallest absolute Gasteiger partial charge is 0.123 e. The summed E-state index contributed by atoms with van der Waals surface area (Å²) in [6.45, 7) is 8.16. The van der Waals surface area contributed by atoms with Crippen LogP contribution in [0.5, 0.6) is 11.5 Å². The van der Waals surface area contributed by atoms with Crippen molar-refractivity contribution < 1.29 is 9.84 Å². The first-order valence-corrected chi connectivity index (χ1v) is 5.60. The van der Waals surface area contributed by atoms with Crippen molar-refractivity contribution in [1.29, 1.82) is 0 Å². The van der Waals surface area contributed by atoms with Gasteiger partial charge in [0.15, 0.2) is 0 Å². The summed E-state index contributed by atoms with van der Waals surface area (Å²) in [6, 6.07) is 3.57. The summed E-state index contributed by atoms with van der Waals surface area (Å²) < 4.78 is 5.72. The van der Waals surface area contributed by atoms with E-state index in [9.17, 15) is 5.11 Å². The van der Waals surface area contributed by atoms with Crippen LogP contribution < -0.4 is 4.74 Å². The van der Waals surface area contributed by atoms with E-state index in [1.165, 1.54) is 0 Å². The van der Waals surface area contributed by atoms with Crippen molar-refractivity contribution in [3.63, 3.8) is 0 Å². The molecule has 1 rings (SSSR count). The second-order valence-corrected chi connectivity index (χ2v) is 3.91. The molecule has 2 nitrogen and oxygen atoms in total. The predicted octanol–water partition coefficient (Wildman–Crippen LogP) is 3.30. The Morgan fingerprint density at radius 2 is 1.73 bits per heavy atom. The fourth-order valence-corrected chi connectivity index (χ4v) is 1.81. The number of phenolic OH excluding ortho intramolecular Hbond substituents is 1. The van der Waals surface area contributed by atoms with E-state index < -0.39 is 0 Å². The molecule has 0 fully saturated rings. The third-order valence-corrected chi connectivity index (χ3v) is 2.43. The van der Waals surface area contributed by atoms with E-state index in [0.717, 1.165) is 29.7 Å². The Balaban J connectivity index is 3.16. The van der Waals surface area contributed by atoms with Crippen LogP contribution in [-0.4, -0.2) is 11.2 Å². The minimum absolute atomic E-state index is 0.171. The Bertz CT molecular complexity index is 330. The molecule has 1 aromatic rings. The number of aromatic hydroxyl groups is 1. The summed E-state index contributed by atoms with van der Waals surface area (Å²) in [5, 5.41) is 9.73. The van der Waals surface area contributed by atoms with Crippen molar-refractivity contribution in [2.45, 2.75) is 46.6 Å². The zero-order valence-corrected chi connectivity index (χ0v) is 10.0. The highest BCUT2D eigenvalue weighted by Crippen LogP contribution is 2.31. The first kappa shape index (κ1) is 11.9. The fourth-order valence-electron chi connectivity index (χ4n) is 1.81. The van der Waals surface area contributed by atoms with Crippen LogP contribution in [0.15, 0.2) is 12.1 Å². The molecule has 0 aliphatic rings. The van der Waals surface area contributed by atoms with E-state index >= 15 is 0 Å². The lowest BCUT2D eigenvalue weighted by atomic mass is 10.0. The summed E-state index contributed by atoms with van der Waals surface area (Å²) in [5.41, 5.74) is 2.14. The summed E-state index contributed by atoms with van der Waals surface area (Å²) in [4.78, 5) is 0. The molecule has 84 valence electrons. The zero-order chi connectivity index (χ0) is 11.4. The van der Waals surface area contributed by atoms with E-state index in [4.69, 9.17) is 4.74 Å². The molecule has 0 aliphatic heterocycles. The average Bonchev–Trinajstić information content (AvgIpc) is 2.19. The summed E-state index contributed by atoms with van der Waals surface area (Å²) >= 11 is 0. The Morgan fingerprint density at radius 3 is 2.20 bits per heavy atom. The third-order valence-electron chi connectivity index (χ3n) is 2.43. The molecule has 0 heterocycles. The molecule has 2 heteroatoms. The van der Waals surface area contributed by atoms with Gasteiger partial charge in [0.2, 0.25) is 0 Å². The van der Waals surface area contributed by atoms with Crippen molar-refractivity contribution in [2.75, 3.05) is 0 Å². The highest BCUT2D eigenvalue weighted by atomic mass is 16.5. The maximum Gasteiger partial charge on any atom is 0.123 e. The van der Waals surface area contributed by atoms with Gasteiger partial charge in [-0.05, 0) is 38.8 Å². The van der Waals surface area contributed by atoms with Crippen LogP contribution in [0.3, 0.4) is 0 Å². The molecular weight excluding hydrogens is 188 g/mol. The lowest BCUT2D eigenvalue weighted by Crippen LogP contribution is -2.08. The summed E-state index contributed by atoms with van der Waals surface area (Å²) in [5.74, 6) is 1.28. The predicted molar refractivity (Wildman–Crippen MR) is 62.6 cm³/mol. The second kappa shape index (κ2) is 5.06. The molecule has 0 atom stereocenters. The number of hydrogen-bond donors (Lipinski definition) is 1. The van der Waals surface area contributed by atoms with Gasteiger partial charge in [-0.2, -0.15) is 0 Å². The fraction of sp³-hybridized carbons (Fsp3) is 0.538. The molecule has 0 radical (unpaired) electrons. The number of benzene rings is 1. The van der Waals surface area contributed by atoms with Gasteiger partial charge in [-0.25, -0.2) is 0 Å². The number of phenols is 1. The van der Waals surface area contributed by atoms with Crippen LogP contribution in [0.4, 0.5) is 0 Å². The van der Waals surface area contributed by atoms with Crippen molar-refractivity contribution in [3.05, 3.63) is 23.3 Å². The number of ether oxygens (including phenoxy) is 1. The molecule has 15 heavy (non-hydrogen) atoms. The Morgan fingerprint density at radius 1 is 1.13 bits per heavy atom. The Labute approximate surface area is 91.9 Å². The molecule has 0 bridgehead atoms. The van der Waals surface area contributed by atoms with Gasteiger partial charge >= 0.3 is 0 Å². The maximum atomic E-state index is 9.73. The molecule has 0 saturated heterocycles. The van der Waals surface area contributed by atoms with Crippen molar-refractivity contribution >= 4 is 0 Å². The molecule has 0 aliphatic carbocycles. The van der Waals surface area contributed by atoms with Crippen LogP contribution in [-0.2, 0) is 12.8 Å². The topological polar surface area (TPSA) is 29.5 Å². The van der Waals surface area contributed by atoms with Gasteiger partial charge in [-0.1, -0.05) is 13.8 Å².